The summed E-state index contributed by atoms with van der Waals surface area (Å²) >= 11 is 0. The third-order valence-electron chi connectivity index (χ3n) is 2.40. The zero-order chi connectivity index (χ0) is 14.8. The molecule has 0 saturated carbocycles. The van der Waals surface area contributed by atoms with Crippen molar-refractivity contribution in [3.63, 3.8) is 0 Å². The molecule has 0 aliphatic rings. The lowest BCUT2D eigenvalue weighted by Crippen LogP contribution is -2.16. The Hall–Kier alpha value is -2.44. The summed E-state index contributed by atoms with van der Waals surface area (Å²) in [6, 6.07) is 5.79. The van der Waals surface area contributed by atoms with E-state index in [1.165, 1.54) is 12.1 Å². The van der Waals surface area contributed by atoms with Crippen molar-refractivity contribution >= 4 is 6.29 Å². The number of ether oxygens (including phenoxy) is 1. The summed E-state index contributed by atoms with van der Waals surface area (Å²) in [5, 5.41) is 0. The van der Waals surface area contributed by atoms with Crippen molar-refractivity contribution in [3.05, 3.63) is 48.0 Å². The van der Waals surface area contributed by atoms with Gasteiger partial charge in [0.2, 0.25) is 0 Å². The van der Waals surface area contributed by atoms with E-state index in [0.29, 0.717) is 11.8 Å². The number of alkyl halides is 3. The molecule has 0 amide bonds. The molecule has 20 heavy (non-hydrogen) atoms. The van der Waals surface area contributed by atoms with Crippen molar-refractivity contribution in [2.24, 2.45) is 0 Å². The predicted octanol–water partition coefficient (Wildman–Crippen LogP) is 3.60. The largest absolute Gasteiger partial charge is 0.573 e. The maximum atomic E-state index is 13.1. The minimum atomic E-state index is -4.78. The fraction of sp³-hybridized carbons (Fsp3) is 0.0769. The van der Waals surface area contributed by atoms with E-state index in [1.807, 2.05) is 0 Å². The Labute approximate surface area is 110 Å². The maximum absolute atomic E-state index is 13.1. The third-order valence-corrected chi connectivity index (χ3v) is 2.40. The molecule has 2 aromatic rings. The van der Waals surface area contributed by atoms with Gasteiger partial charge in [-0.1, -0.05) is 12.1 Å². The molecule has 2 rings (SSSR count). The quantitative estimate of drug-likeness (QED) is 0.639. The number of pyridine rings is 1. The van der Waals surface area contributed by atoms with Crippen LogP contribution in [-0.4, -0.2) is 17.6 Å². The highest BCUT2D eigenvalue weighted by atomic mass is 19.4. The highest BCUT2D eigenvalue weighted by molar-refractivity contribution is 5.85. The lowest BCUT2D eigenvalue weighted by atomic mass is 10.0. The topological polar surface area (TPSA) is 39.2 Å². The van der Waals surface area contributed by atoms with E-state index in [2.05, 4.69) is 9.72 Å². The molecular formula is C13H7F4NO2. The van der Waals surface area contributed by atoms with Gasteiger partial charge in [0.15, 0.2) is 6.29 Å². The Bertz CT molecular complexity index is 623. The molecule has 0 aliphatic heterocycles. The first-order valence-electron chi connectivity index (χ1n) is 5.36. The zero-order valence-electron chi connectivity index (χ0n) is 9.82. The SMILES string of the molecule is O=Cc1ncc(F)cc1-c1ccc(OC(F)(F)F)cc1. The summed E-state index contributed by atoms with van der Waals surface area (Å²) in [6.45, 7) is 0. The average Bonchev–Trinajstić information content (AvgIpc) is 2.38. The Morgan fingerprint density at radius 3 is 2.35 bits per heavy atom. The molecule has 0 radical (unpaired) electrons. The second-order valence-electron chi connectivity index (χ2n) is 3.78. The molecule has 104 valence electrons. The smallest absolute Gasteiger partial charge is 0.406 e. The number of aldehydes is 1. The molecule has 0 N–H and O–H groups in total. The third kappa shape index (κ3) is 3.31. The van der Waals surface area contributed by atoms with Crippen LogP contribution in [0.3, 0.4) is 0 Å². The van der Waals surface area contributed by atoms with E-state index in [1.54, 1.807) is 0 Å². The van der Waals surface area contributed by atoms with Gasteiger partial charge in [-0.25, -0.2) is 9.37 Å². The van der Waals surface area contributed by atoms with Gasteiger partial charge in [-0.15, -0.1) is 13.2 Å². The number of aromatic nitrogens is 1. The van der Waals surface area contributed by atoms with Crippen molar-refractivity contribution in [2.45, 2.75) is 6.36 Å². The van der Waals surface area contributed by atoms with Gasteiger partial charge in [0.25, 0.3) is 0 Å². The molecule has 0 spiro atoms. The van der Waals surface area contributed by atoms with Crippen molar-refractivity contribution in [1.29, 1.82) is 0 Å². The van der Waals surface area contributed by atoms with Gasteiger partial charge in [0, 0.05) is 5.56 Å². The van der Waals surface area contributed by atoms with Crippen molar-refractivity contribution < 1.29 is 27.1 Å². The minimum Gasteiger partial charge on any atom is -0.406 e. The highest BCUT2D eigenvalue weighted by Gasteiger charge is 2.30. The van der Waals surface area contributed by atoms with Gasteiger partial charge in [-0.05, 0) is 23.8 Å². The number of hydrogen-bond donors (Lipinski definition) is 0. The van der Waals surface area contributed by atoms with Crippen molar-refractivity contribution in [2.75, 3.05) is 0 Å². The summed E-state index contributed by atoms with van der Waals surface area (Å²) in [5.41, 5.74) is 0.545. The Morgan fingerprint density at radius 1 is 1.15 bits per heavy atom. The number of carbonyl (C=O) groups is 1. The highest BCUT2D eigenvalue weighted by Crippen LogP contribution is 2.27. The Kier molecular flexibility index (Phi) is 3.69. The summed E-state index contributed by atoms with van der Waals surface area (Å²) in [7, 11) is 0. The predicted molar refractivity (Wildman–Crippen MR) is 61.7 cm³/mol. The van der Waals surface area contributed by atoms with Crippen LogP contribution in [0.25, 0.3) is 11.1 Å². The number of carbonyl (C=O) groups excluding carboxylic acids is 1. The fourth-order valence-corrected chi connectivity index (χ4v) is 1.61. The summed E-state index contributed by atoms with van der Waals surface area (Å²) in [6.07, 6.45) is -3.46. The zero-order valence-corrected chi connectivity index (χ0v) is 9.82. The lowest BCUT2D eigenvalue weighted by Gasteiger charge is -2.10. The van der Waals surface area contributed by atoms with Crippen molar-refractivity contribution in [3.8, 4) is 16.9 Å². The van der Waals surface area contributed by atoms with Crippen LogP contribution in [0.1, 0.15) is 10.5 Å². The molecule has 0 aliphatic carbocycles. The van der Waals surface area contributed by atoms with E-state index in [9.17, 15) is 22.4 Å². The number of halogens is 4. The molecule has 0 atom stereocenters. The van der Waals surface area contributed by atoms with E-state index in [4.69, 9.17) is 0 Å². The van der Waals surface area contributed by atoms with Gasteiger partial charge < -0.3 is 4.74 Å². The first-order chi connectivity index (χ1) is 9.39. The standard InChI is InChI=1S/C13H7F4NO2/c14-9-5-11(12(7-19)18-6-9)8-1-3-10(4-2-8)20-13(15,16)17/h1-7H. The van der Waals surface area contributed by atoms with Crippen LogP contribution in [0.15, 0.2) is 36.5 Å². The van der Waals surface area contributed by atoms with Gasteiger partial charge in [0.05, 0.1) is 6.20 Å². The van der Waals surface area contributed by atoms with Crippen LogP contribution in [0.4, 0.5) is 17.6 Å². The average molecular weight is 285 g/mol. The molecule has 1 aromatic carbocycles. The van der Waals surface area contributed by atoms with Crippen LogP contribution in [0, 0.1) is 5.82 Å². The molecule has 0 bridgehead atoms. The normalized spacial score (nSPS) is 11.2. The lowest BCUT2D eigenvalue weighted by molar-refractivity contribution is -0.274. The molecule has 0 saturated heterocycles. The molecule has 1 heterocycles. The summed E-state index contributed by atoms with van der Waals surface area (Å²) in [5.74, 6) is -1.06. The van der Waals surface area contributed by atoms with E-state index >= 15 is 0 Å². The monoisotopic (exact) mass is 285 g/mol. The summed E-state index contributed by atoms with van der Waals surface area (Å²) in [4.78, 5) is 14.4. The first-order valence-corrected chi connectivity index (χ1v) is 5.36. The Balaban J connectivity index is 2.35. The van der Waals surface area contributed by atoms with E-state index in [-0.39, 0.29) is 11.3 Å². The second-order valence-corrected chi connectivity index (χ2v) is 3.78. The molecule has 0 unspecified atom stereocenters. The number of nitrogens with zero attached hydrogens (tertiary/aromatic N) is 1. The van der Waals surface area contributed by atoms with Gasteiger partial charge in [-0.3, -0.25) is 4.79 Å². The van der Waals surface area contributed by atoms with Gasteiger partial charge in [-0.2, -0.15) is 0 Å². The van der Waals surface area contributed by atoms with Crippen molar-refractivity contribution in [1.82, 2.24) is 4.98 Å². The first kappa shape index (κ1) is 14.0. The van der Waals surface area contributed by atoms with Gasteiger partial charge in [0.1, 0.15) is 17.3 Å². The van der Waals surface area contributed by atoms with E-state index in [0.717, 1.165) is 24.4 Å². The molecule has 7 heteroatoms. The maximum Gasteiger partial charge on any atom is 0.573 e. The molecular weight excluding hydrogens is 278 g/mol. The van der Waals surface area contributed by atoms with Crippen LogP contribution in [-0.2, 0) is 0 Å². The second kappa shape index (κ2) is 5.28. The van der Waals surface area contributed by atoms with Crippen LogP contribution in [0.2, 0.25) is 0 Å². The van der Waals surface area contributed by atoms with E-state index < -0.39 is 17.9 Å². The minimum absolute atomic E-state index is 0.00381. The number of benzene rings is 1. The molecule has 0 fully saturated rings. The number of rotatable bonds is 3. The van der Waals surface area contributed by atoms with Gasteiger partial charge >= 0.3 is 6.36 Å². The Morgan fingerprint density at radius 2 is 1.80 bits per heavy atom. The summed E-state index contributed by atoms with van der Waals surface area (Å²) < 4.78 is 52.9. The molecule has 3 nitrogen and oxygen atoms in total. The number of hydrogen-bond acceptors (Lipinski definition) is 3. The fourth-order valence-electron chi connectivity index (χ4n) is 1.61. The van der Waals surface area contributed by atoms with Crippen LogP contribution in [0.5, 0.6) is 5.75 Å². The molecule has 1 aromatic heterocycles. The van der Waals surface area contributed by atoms with Crippen LogP contribution >= 0.6 is 0 Å². The van der Waals surface area contributed by atoms with Crippen LogP contribution < -0.4 is 4.74 Å².